The standard InChI is InChI=1S/C30H24FO3P/c31-24-18-16-23(17-19-24)28(32)27(22-10-4-1-5-11-22)29(30(33)20-21-30)35(34,25-12-6-2-7-13-25)26-14-8-3-9-15-26/h1-19,33H,20-21H2/b29-27-. The number of halogens is 1. The van der Waals surface area contributed by atoms with E-state index in [1.54, 1.807) is 48.5 Å². The first kappa shape index (κ1) is 23.2. The predicted octanol–water partition coefficient (Wildman–Crippen LogP) is 5.96. The number of Topliss-reactive ketones (excluding diaryl/α,β-unsaturated/α-hetero) is 1. The van der Waals surface area contributed by atoms with Gasteiger partial charge in [-0.3, -0.25) is 4.79 Å². The molecule has 5 rings (SSSR count). The fourth-order valence-corrected chi connectivity index (χ4v) is 7.80. The van der Waals surface area contributed by atoms with Gasteiger partial charge >= 0.3 is 0 Å². The van der Waals surface area contributed by atoms with Crippen molar-refractivity contribution in [3.8, 4) is 0 Å². The lowest BCUT2D eigenvalue weighted by molar-refractivity contribution is 0.105. The van der Waals surface area contributed by atoms with Crippen LogP contribution in [0.2, 0.25) is 0 Å². The SMILES string of the molecule is O=C(/C(=C(/C1(O)CC1)P(=O)(c1ccccc1)c1ccccc1)c1ccccc1)c1ccc(F)cc1. The first-order valence-electron chi connectivity index (χ1n) is 11.5. The lowest BCUT2D eigenvalue weighted by Gasteiger charge is -2.29. The van der Waals surface area contributed by atoms with E-state index in [0.29, 0.717) is 29.0 Å². The van der Waals surface area contributed by atoms with Gasteiger partial charge in [-0.25, -0.2) is 4.39 Å². The van der Waals surface area contributed by atoms with Crippen LogP contribution in [0, 0.1) is 5.82 Å². The van der Waals surface area contributed by atoms with E-state index in [9.17, 15) is 14.3 Å². The largest absolute Gasteiger partial charge is 0.385 e. The Morgan fingerprint density at radius 1 is 0.686 bits per heavy atom. The summed E-state index contributed by atoms with van der Waals surface area (Å²) in [5, 5.41) is 13.0. The summed E-state index contributed by atoms with van der Waals surface area (Å²) in [5.74, 6) is -0.856. The maximum atomic E-state index is 15.4. The smallest absolute Gasteiger partial charge is 0.194 e. The van der Waals surface area contributed by atoms with E-state index in [4.69, 9.17) is 0 Å². The number of ketones is 1. The molecule has 0 unspecified atom stereocenters. The van der Waals surface area contributed by atoms with E-state index in [2.05, 4.69) is 0 Å². The second-order valence-corrected chi connectivity index (χ2v) is 11.4. The molecule has 4 aromatic rings. The summed E-state index contributed by atoms with van der Waals surface area (Å²) in [6, 6.07) is 32.4. The molecule has 1 N–H and O–H groups in total. The summed E-state index contributed by atoms with van der Waals surface area (Å²) in [4.78, 5) is 14.1. The molecule has 1 aliphatic rings. The van der Waals surface area contributed by atoms with Gasteiger partial charge in [0.15, 0.2) is 12.9 Å². The van der Waals surface area contributed by atoms with Crippen LogP contribution in [0.25, 0.3) is 5.57 Å². The molecule has 0 bridgehead atoms. The van der Waals surface area contributed by atoms with E-state index < -0.39 is 24.3 Å². The molecular formula is C30H24FO3P. The molecule has 174 valence electrons. The Morgan fingerprint density at radius 2 is 1.14 bits per heavy atom. The number of aliphatic hydroxyl groups is 1. The van der Waals surface area contributed by atoms with Gasteiger partial charge in [-0.15, -0.1) is 0 Å². The first-order chi connectivity index (χ1) is 16.9. The molecule has 3 nitrogen and oxygen atoms in total. The van der Waals surface area contributed by atoms with Crippen LogP contribution in [-0.4, -0.2) is 16.5 Å². The van der Waals surface area contributed by atoms with Gasteiger partial charge in [-0.1, -0.05) is 91.0 Å². The van der Waals surface area contributed by atoms with E-state index >= 15 is 4.57 Å². The van der Waals surface area contributed by atoms with Crippen molar-refractivity contribution in [3.05, 3.63) is 138 Å². The van der Waals surface area contributed by atoms with Crippen molar-refractivity contribution in [2.75, 3.05) is 0 Å². The van der Waals surface area contributed by atoms with Crippen molar-refractivity contribution in [3.63, 3.8) is 0 Å². The molecular weight excluding hydrogens is 458 g/mol. The van der Waals surface area contributed by atoms with Crippen molar-refractivity contribution in [2.45, 2.75) is 18.4 Å². The summed E-state index contributed by atoms with van der Waals surface area (Å²) in [6.07, 6.45) is 0.804. The third-order valence-electron chi connectivity index (χ3n) is 6.35. The van der Waals surface area contributed by atoms with Crippen molar-refractivity contribution in [1.82, 2.24) is 0 Å². The van der Waals surface area contributed by atoms with Crippen LogP contribution in [0.3, 0.4) is 0 Å². The zero-order valence-corrected chi connectivity index (χ0v) is 19.9. The third-order valence-corrected chi connectivity index (χ3v) is 9.67. The highest BCUT2D eigenvalue weighted by atomic mass is 31.2. The van der Waals surface area contributed by atoms with Crippen molar-refractivity contribution >= 4 is 29.1 Å². The summed E-state index contributed by atoms with van der Waals surface area (Å²) < 4.78 is 29.0. The molecule has 0 heterocycles. The number of carbonyl (C=O) groups is 1. The fourth-order valence-electron chi connectivity index (χ4n) is 4.45. The summed E-state index contributed by atoms with van der Waals surface area (Å²) in [5.41, 5.74) is -0.362. The van der Waals surface area contributed by atoms with Gasteiger partial charge < -0.3 is 9.67 Å². The van der Waals surface area contributed by atoms with Crippen LogP contribution in [0.4, 0.5) is 4.39 Å². The predicted molar refractivity (Wildman–Crippen MR) is 138 cm³/mol. The number of hydrogen-bond acceptors (Lipinski definition) is 3. The quantitative estimate of drug-likeness (QED) is 0.201. The van der Waals surface area contributed by atoms with Gasteiger partial charge in [0.05, 0.1) is 5.60 Å². The van der Waals surface area contributed by atoms with Crippen LogP contribution < -0.4 is 10.6 Å². The van der Waals surface area contributed by atoms with E-state index in [0.717, 1.165) is 0 Å². The lowest BCUT2D eigenvalue weighted by atomic mass is 9.94. The van der Waals surface area contributed by atoms with Crippen LogP contribution in [0.5, 0.6) is 0 Å². The van der Waals surface area contributed by atoms with Gasteiger partial charge in [0.25, 0.3) is 0 Å². The van der Waals surface area contributed by atoms with Crippen molar-refractivity contribution < 1.29 is 18.9 Å². The second kappa shape index (κ2) is 9.22. The molecule has 0 saturated heterocycles. The molecule has 0 aliphatic heterocycles. The molecule has 1 aliphatic carbocycles. The van der Waals surface area contributed by atoms with Crippen molar-refractivity contribution in [1.29, 1.82) is 0 Å². The van der Waals surface area contributed by atoms with Crippen LogP contribution >= 0.6 is 7.14 Å². The van der Waals surface area contributed by atoms with Crippen LogP contribution in [0.1, 0.15) is 28.8 Å². The van der Waals surface area contributed by atoms with Crippen LogP contribution in [-0.2, 0) is 4.57 Å². The molecule has 1 saturated carbocycles. The number of carbonyl (C=O) groups excluding carboxylic acids is 1. The van der Waals surface area contributed by atoms with E-state index in [1.165, 1.54) is 24.3 Å². The van der Waals surface area contributed by atoms with Gasteiger partial charge in [-0.05, 0) is 42.7 Å². The minimum Gasteiger partial charge on any atom is -0.385 e. The minimum atomic E-state index is -3.66. The lowest BCUT2D eigenvalue weighted by Crippen LogP contribution is -2.27. The molecule has 0 radical (unpaired) electrons. The molecule has 0 spiro atoms. The zero-order valence-electron chi connectivity index (χ0n) is 19.0. The minimum absolute atomic E-state index is 0.202. The Hall–Kier alpha value is -3.59. The average molecular weight is 482 g/mol. The maximum Gasteiger partial charge on any atom is 0.194 e. The summed E-state index contributed by atoms with van der Waals surface area (Å²) >= 11 is 0. The Morgan fingerprint density at radius 3 is 1.60 bits per heavy atom. The van der Waals surface area contributed by atoms with Gasteiger partial charge in [0.1, 0.15) is 5.82 Å². The number of allylic oxidation sites excluding steroid dienone is 1. The molecule has 1 fully saturated rings. The molecule has 0 amide bonds. The molecule has 0 atom stereocenters. The highest BCUT2D eigenvalue weighted by Gasteiger charge is 2.54. The number of rotatable bonds is 7. The monoisotopic (exact) mass is 482 g/mol. The Kier molecular flexibility index (Phi) is 6.10. The molecule has 5 heteroatoms. The normalized spacial score (nSPS) is 15.3. The van der Waals surface area contributed by atoms with Crippen molar-refractivity contribution in [2.24, 2.45) is 0 Å². The fraction of sp³-hybridized carbons (Fsp3) is 0.100. The first-order valence-corrected chi connectivity index (χ1v) is 13.2. The van der Waals surface area contributed by atoms with Gasteiger partial charge in [-0.2, -0.15) is 0 Å². The average Bonchev–Trinajstić information content (AvgIpc) is 3.66. The van der Waals surface area contributed by atoms with Gasteiger partial charge in [0, 0.05) is 27.1 Å². The maximum absolute atomic E-state index is 15.4. The third kappa shape index (κ3) is 4.32. The zero-order chi connectivity index (χ0) is 24.5. The Bertz CT molecular complexity index is 1380. The Balaban J connectivity index is 1.89. The Labute approximate surface area is 204 Å². The number of hydrogen-bond donors (Lipinski definition) is 1. The van der Waals surface area contributed by atoms with E-state index in [-0.39, 0.29) is 16.5 Å². The molecule has 0 aromatic heterocycles. The highest BCUT2D eigenvalue weighted by molar-refractivity contribution is 7.82. The molecule has 35 heavy (non-hydrogen) atoms. The summed E-state index contributed by atoms with van der Waals surface area (Å²) in [6.45, 7) is 0. The second-order valence-electron chi connectivity index (χ2n) is 8.74. The van der Waals surface area contributed by atoms with Crippen LogP contribution in [0.15, 0.2) is 121 Å². The summed E-state index contributed by atoms with van der Waals surface area (Å²) in [7, 11) is -3.66. The highest BCUT2D eigenvalue weighted by Crippen LogP contribution is 2.64. The van der Waals surface area contributed by atoms with E-state index in [1.807, 2.05) is 42.5 Å². The number of benzene rings is 4. The molecule has 4 aromatic carbocycles. The van der Waals surface area contributed by atoms with Gasteiger partial charge in [0.2, 0.25) is 0 Å². The topological polar surface area (TPSA) is 54.4 Å².